The first-order valence-electron chi connectivity index (χ1n) is 9.13. The van der Waals surface area contributed by atoms with Crippen molar-refractivity contribution >= 4 is 17.3 Å². The lowest BCUT2D eigenvalue weighted by Crippen LogP contribution is -2.35. The van der Waals surface area contributed by atoms with Crippen molar-refractivity contribution in [3.05, 3.63) is 54.6 Å². The van der Waals surface area contributed by atoms with Gasteiger partial charge in [0.25, 0.3) is 0 Å². The van der Waals surface area contributed by atoms with Gasteiger partial charge in [0, 0.05) is 12.2 Å². The lowest BCUT2D eigenvalue weighted by atomic mass is 10.2. The van der Waals surface area contributed by atoms with Gasteiger partial charge in [0.1, 0.15) is 5.75 Å². The maximum atomic E-state index is 12.6. The number of likely N-dealkylation sites (N-methyl/N-ethyl adjacent to an activating group) is 1. The van der Waals surface area contributed by atoms with Gasteiger partial charge in [-0.05, 0) is 56.9 Å². The van der Waals surface area contributed by atoms with Gasteiger partial charge in [-0.25, -0.2) is 0 Å². The minimum absolute atomic E-state index is 0.0457. The highest BCUT2D eigenvalue weighted by molar-refractivity contribution is 5.96. The molecule has 0 saturated heterocycles. The summed E-state index contributed by atoms with van der Waals surface area (Å²) in [6, 6.07) is 17.6. The molecule has 1 saturated carbocycles. The van der Waals surface area contributed by atoms with Crippen molar-refractivity contribution in [3.63, 3.8) is 0 Å². The van der Waals surface area contributed by atoms with E-state index in [1.54, 1.807) is 4.90 Å². The topological polar surface area (TPSA) is 41.6 Å². The first kappa shape index (κ1) is 17.3. The maximum Gasteiger partial charge on any atom is 0.246 e. The van der Waals surface area contributed by atoms with E-state index in [1.165, 1.54) is 12.8 Å². The van der Waals surface area contributed by atoms with E-state index >= 15 is 0 Å². The Morgan fingerprint density at radius 1 is 1.08 bits per heavy atom. The first-order valence-corrected chi connectivity index (χ1v) is 9.13. The van der Waals surface area contributed by atoms with E-state index in [0.29, 0.717) is 12.6 Å². The minimum atomic E-state index is 0.0457. The van der Waals surface area contributed by atoms with Gasteiger partial charge in [0.05, 0.1) is 18.3 Å². The molecule has 132 valence electrons. The van der Waals surface area contributed by atoms with Crippen LogP contribution in [-0.4, -0.2) is 25.1 Å². The number of rotatable bonds is 7. The van der Waals surface area contributed by atoms with Crippen LogP contribution in [0.3, 0.4) is 0 Å². The summed E-state index contributed by atoms with van der Waals surface area (Å²) in [5.41, 5.74) is 1.80. The second kappa shape index (κ2) is 8.56. The average Bonchev–Trinajstić information content (AvgIpc) is 3.16. The fourth-order valence-electron chi connectivity index (χ4n) is 3.28. The molecule has 2 aromatic rings. The monoisotopic (exact) mass is 338 g/mol. The second-order valence-electron chi connectivity index (χ2n) is 6.35. The standard InChI is InChI=1S/C21H26N2O2/c1-2-23(17-10-4-3-5-11-17)21(24)16-22-19-14-8-9-15-20(19)25-18-12-6-7-13-18/h3-5,8-11,14-15,18,22H,2,6-7,12-13,16H2,1H3. The lowest BCUT2D eigenvalue weighted by molar-refractivity contribution is -0.116. The van der Waals surface area contributed by atoms with Crippen molar-refractivity contribution in [2.75, 3.05) is 23.3 Å². The molecule has 0 spiro atoms. The van der Waals surface area contributed by atoms with E-state index in [9.17, 15) is 4.79 Å². The number of amides is 1. The van der Waals surface area contributed by atoms with Gasteiger partial charge >= 0.3 is 0 Å². The third-order valence-electron chi connectivity index (χ3n) is 4.60. The van der Waals surface area contributed by atoms with E-state index in [4.69, 9.17) is 4.74 Å². The molecule has 0 atom stereocenters. The fourth-order valence-corrected chi connectivity index (χ4v) is 3.28. The number of benzene rings is 2. The Bertz CT molecular complexity index is 681. The van der Waals surface area contributed by atoms with E-state index in [1.807, 2.05) is 61.5 Å². The average molecular weight is 338 g/mol. The van der Waals surface area contributed by atoms with Gasteiger partial charge in [-0.1, -0.05) is 30.3 Å². The van der Waals surface area contributed by atoms with Crippen LogP contribution in [-0.2, 0) is 4.79 Å². The quantitative estimate of drug-likeness (QED) is 0.810. The van der Waals surface area contributed by atoms with Crippen LogP contribution in [0.2, 0.25) is 0 Å². The van der Waals surface area contributed by atoms with Crippen LogP contribution in [0.1, 0.15) is 32.6 Å². The Labute approximate surface area is 149 Å². The van der Waals surface area contributed by atoms with Crippen LogP contribution in [0.4, 0.5) is 11.4 Å². The van der Waals surface area contributed by atoms with Crippen LogP contribution < -0.4 is 15.0 Å². The predicted molar refractivity (Wildman–Crippen MR) is 102 cm³/mol. The predicted octanol–water partition coefficient (Wildman–Crippen LogP) is 4.47. The van der Waals surface area contributed by atoms with Gasteiger partial charge in [-0.15, -0.1) is 0 Å². The molecule has 1 fully saturated rings. The molecule has 3 rings (SSSR count). The van der Waals surface area contributed by atoms with Crippen molar-refractivity contribution in [3.8, 4) is 5.75 Å². The number of nitrogens with zero attached hydrogens (tertiary/aromatic N) is 1. The largest absolute Gasteiger partial charge is 0.488 e. The van der Waals surface area contributed by atoms with Crippen molar-refractivity contribution in [1.29, 1.82) is 0 Å². The van der Waals surface area contributed by atoms with E-state index in [2.05, 4.69) is 5.32 Å². The molecule has 0 heterocycles. The molecule has 0 radical (unpaired) electrons. The summed E-state index contributed by atoms with van der Waals surface area (Å²) in [4.78, 5) is 14.4. The summed E-state index contributed by atoms with van der Waals surface area (Å²) in [6.07, 6.45) is 5.01. The Morgan fingerprint density at radius 2 is 1.76 bits per heavy atom. The Balaban J connectivity index is 1.63. The number of ether oxygens (including phenoxy) is 1. The van der Waals surface area contributed by atoms with E-state index in [0.717, 1.165) is 30.0 Å². The number of para-hydroxylation sites is 3. The molecule has 1 aliphatic rings. The Hall–Kier alpha value is -2.49. The van der Waals surface area contributed by atoms with E-state index in [-0.39, 0.29) is 12.5 Å². The van der Waals surface area contributed by atoms with Crippen molar-refractivity contribution in [2.45, 2.75) is 38.7 Å². The van der Waals surface area contributed by atoms with Gasteiger partial charge in [-0.3, -0.25) is 4.79 Å². The van der Waals surface area contributed by atoms with Crippen LogP contribution in [0.25, 0.3) is 0 Å². The van der Waals surface area contributed by atoms with Gasteiger partial charge in [0.15, 0.2) is 0 Å². The summed E-state index contributed by atoms with van der Waals surface area (Å²) in [6.45, 7) is 2.88. The number of anilines is 2. The zero-order valence-electron chi connectivity index (χ0n) is 14.8. The Kier molecular flexibility index (Phi) is 5.94. The zero-order valence-corrected chi connectivity index (χ0v) is 14.8. The molecule has 1 N–H and O–H groups in total. The summed E-state index contributed by atoms with van der Waals surface area (Å²) >= 11 is 0. The van der Waals surface area contributed by atoms with Crippen LogP contribution in [0.5, 0.6) is 5.75 Å². The summed E-state index contributed by atoms with van der Waals surface area (Å²) in [5, 5.41) is 3.26. The highest BCUT2D eigenvalue weighted by Crippen LogP contribution is 2.29. The molecule has 2 aromatic carbocycles. The molecule has 0 aromatic heterocycles. The number of nitrogens with one attached hydrogen (secondary N) is 1. The maximum absolute atomic E-state index is 12.6. The molecule has 25 heavy (non-hydrogen) atoms. The Morgan fingerprint density at radius 3 is 2.48 bits per heavy atom. The molecule has 0 unspecified atom stereocenters. The molecule has 0 bridgehead atoms. The SMILES string of the molecule is CCN(C(=O)CNc1ccccc1OC1CCCC1)c1ccccc1. The number of carbonyl (C=O) groups is 1. The third kappa shape index (κ3) is 4.53. The summed E-state index contributed by atoms with van der Waals surface area (Å²) in [7, 11) is 0. The lowest BCUT2D eigenvalue weighted by Gasteiger charge is -2.22. The number of carbonyl (C=O) groups excluding carboxylic acids is 1. The van der Waals surface area contributed by atoms with Gasteiger partial charge < -0.3 is 15.0 Å². The van der Waals surface area contributed by atoms with Crippen molar-refractivity contribution < 1.29 is 9.53 Å². The molecular formula is C21H26N2O2. The van der Waals surface area contributed by atoms with Crippen LogP contribution in [0, 0.1) is 0 Å². The van der Waals surface area contributed by atoms with Gasteiger partial charge in [0.2, 0.25) is 5.91 Å². The van der Waals surface area contributed by atoms with E-state index < -0.39 is 0 Å². The van der Waals surface area contributed by atoms with Crippen molar-refractivity contribution in [2.24, 2.45) is 0 Å². The first-order chi connectivity index (χ1) is 12.3. The third-order valence-corrected chi connectivity index (χ3v) is 4.60. The second-order valence-corrected chi connectivity index (χ2v) is 6.35. The summed E-state index contributed by atoms with van der Waals surface area (Å²) in [5.74, 6) is 0.884. The summed E-state index contributed by atoms with van der Waals surface area (Å²) < 4.78 is 6.12. The number of hydrogen-bond donors (Lipinski definition) is 1. The highest BCUT2D eigenvalue weighted by Gasteiger charge is 2.18. The van der Waals surface area contributed by atoms with Crippen LogP contribution in [0.15, 0.2) is 54.6 Å². The molecule has 1 amide bonds. The minimum Gasteiger partial charge on any atom is -0.488 e. The highest BCUT2D eigenvalue weighted by atomic mass is 16.5. The van der Waals surface area contributed by atoms with Gasteiger partial charge in [-0.2, -0.15) is 0 Å². The molecule has 1 aliphatic carbocycles. The number of hydrogen-bond acceptors (Lipinski definition) is 3. The molecule has 4 nitrogen and oxygen atoms in total. The van der Waals surface area contributed by atoms with Crippen molar-refractivity contribution in [1.82, 2.24) is 0 Å². The van der Waals surface area contributed by atoms with Crippen LogP contribution >= 0.6 is 0 Å². The molecule has 4 heteroatoms. The zero-order chi connectivity index (χ0) is 17.5. The fraction of sp³-hybridized carbons (Fsp3) is 0.381. The smallest absolute Gasteiger partial charge is 0.246 e. The molecular weight excluding hydrogens is 312 g/mol. The molecule has 0 aliphatic heterocycles. The normalized spacial score (nSPS) is 14.3.